The van der Waals surface area contributed by atoms with E-state index in [2.05, 4.69) is 0 Å². The number of benzene rings is 1. The average Bonchev–Trinajstić information content (AvgIpc) is 2.64. The van der Waals surface area contributed by atoms with Crippen LogP contribution in [0.15, 0.2) is 30.3 Å². The molecule has 1 amide bonds. The van der Waals surface area contributed by atoms with Gasteiger partial charge in [-0.2, -0.15) is 0 Å². The molecule has 29 heavy (non-hydrogen) atoms. The summed E-state index contributed by atoms with van der Waals surface area (Å²) in [7, 11) is 0. The molecule has 7 heteroatoms. The van der Waals surface area contributed by atoms with Crippen molar-refractivity contribution in [2.75, 3.05) is 13.2 Å². The fourth-order valence-corrected chi connectivity index (χ4v) is 2.87. The van der Waals surface area contributed by atoms with E-state index < -0.39 is 29.9 Å². The standard InChI is InChI=1S/C22H36N2O5/c1-7-27-21(28-8-2)16(3)24(15-17-12-10-9-11-13-17)20(26)18(23)14-19(25)29-22(4,5)6/h9-13,16,18,21H,7-8,14-15,23H2,1-6H3/t16-,18+/m1/s1. The number of carbonyl (C=O) groups excluding carboxylic acids is 2. The normalized spacial score (nSPS) is 13.8. The fourth-order valence-electron chi connectivity index (χ4n) is 2.87. The van der Waals surface area contributed by atoms with Crippen molar-refractivity contribution < 1.29 is 23.8 Å². The number of nitrogens with zero attached hydrogens (tertiary/aromatic N) is 1. The van der Waals surface area contributed by atoms with Crippen LogP contribution >= 0.6 is 0 Å². The SMILES string of the molecule is CCOC(OCC)[C@@H](C)N(Cc1ccccc1)C(=O)[C@@H](N)CC(=O)OC(C)(C)C. The molecule has 0 aliphatic rings. The number of esters is 1. The molecule has 2 N–H and O–H groups in total. The minimum absolute atomic E-state index is 0.192. The van der Waals surface area contributed by atoms with Crippen molar-refractivity contribution >= 4 is 11.9 Å². The van der Waals surface area contributed by atoms with E-state index in [1.165, 1.54) is 0 Å². The largest absolute Gasteiger partial charge is 0.460 e. The summed E-state index contributed by atoms with van der Waals surface area (Å²) >= 11 is 0. The van der Waals surface area contributed by atoms with Gasteiger partial charge in [0.25, 0.3) is 0 Å². The first-order chi connectivity index (χ1) is 13.6. The quantitative estimate of drug-likeness (QED) is 0.447. The molecule has 0 saturated heterocycles. The zero-order chi connectivity index (χ0) is 22.0. The maximum absolute atomic E-state index is 13.2. The smallest absolute Gasteiger partial charge is 0.308 e. The molecule has 0 fully saturated rings. The highest BCUT2D eigenvalue weighted by Crippen LogP contribution is 2.17. The highest BCUT2D eigenvalue weighted by Gasteiger charge is 2.33. The summed E-state index contributed by atoms with van der Waals surface area (Å²) in [4.78, 5) is 26.9. The van der Waals surface area contributed by atoms with Crippen molar-refractivity contribution in [3.05, 3.63) is 35.9 Å². The van der Waals surface area contributed by atoms with Gasteiger partial charge in [-0.25, -0.2) is 0 Å². The van der Waals surface area contributed by atoms with Gasteiger partial charge in [-0.1, -0.05) is 30.3 Å². The summed E-state index contributed by atoms with van der Waals surface area (Å²) in [5.41, 5.74) is 6.42. The molecule has 0 aliphatic heterocycles. The van der Waals surface area contributed by atoms with Crippen LogP contribution in [0.1, 0.15) is 53.5 Å². The lowest BCUT2D eigenvalue weighted by Crippen LogP contribution is -2.53. The van der Waals surface area contributed by atoms with E-state index in [-0.39, 0.29) is 12.3 Å². The number of rotatable bonds is 11. The van der Waals surface area contributed by atoms with E-state index in [0.717, 1.165) is 5.56 Å². The lowest BCUT2D eigenvalue weighted by atomic mass is 10.1. The molecule has 7 nitrogen and oxygen atoms in total. The second kappa shape index (κ2) is 11.9. The van der Waals surface area contributed by atoms with Crippen molar-refractivity contribution in [3.8, 4) is 0 Å². The first kappa shape index (κ1) is 25.1. The molecule has 0 saturated carbocycles. The van der Waals surface area contributed by atoms with Crippen LogP contribution in [0.3, 0.4) is 0 Å². The molecule has 0 bridgehead atoms. The number of carbonyl (C=O) groups is 2. The van der Waals surface area contributed by atoms with Crippen LogP contribution < -0.4 is 5.73 Å². The van der Waals surface area contributed by atoms with Gasteiger partial charge in [-0.05, 0) is 47.1 Å². The van der Waals surface area contributed by atoms with E-state index in [1.807, 2.05) is 51.1 Å². The summed E-state index contributed by atoms with van der Waals surface area (Å²) in [5.74, 6) is -0.853. The lowest BCUT2D eigenvalue weighted by molar-refractivity contribution is -0.180. The summed E-state index contributed by atoms with van der Waals surface area (Å²) in [5, 5.41) is 0. The van der Waals surface area contributed by atoms with Crippen molar-refractivity contribution in [2.24, 2.45) is 5.73 Å². The van der Waals surface area contributed by atoms with Crippen LogP contribution in [0, 0.1) is 0 Å². The van der Waals surface area contributed by atoms with Gasteiger partial charge in [0.2, 0.25) is 5.91 Å². The van der Waals surface area contributed by atoms with Gasteiger partial charge in [0.05, 0.1) is 18.5 Å². The Bertz CT molecular complexity index is 624. The summed E-state index contributed by atoms with van der Waals surface area (Å²) in [6.07, 6.45) is -0.784. The van der Waals surface area contributed by atoms with E-state index >= 15 is 0 Å². The first-order valence-corrected chi connectivity index (χ1v) is 10.1. The second-order valence-electron chi connectivity index (χ2n) is 7.87. The van der Waals surface area contributed by atoms with Gasteiger partial charge in [0.1, 0.15) is 5.60 Å². The molecule has 1 aromatic carbocycles. The number of nitrogens with two attached hydrogens (primary N) is 1. The molecule has 1 aromatic rings. The molecular formula is C22H36N2O5. The van der Waals surface area contributed by atoms with Crippen LogP contribution in [-0.2, 0) is 30.3 Å². The van der Waals surface area contributed by atoms with Crippen LogP contribution in [0.4, 0.5) is 0 Å². The molecule has 0 spiro atoms. The molecule has 0 aliphatic carbocycles. The summed E-state index contributed by atoms with van der Waals surface area (Å²) in [6, 6.07) is 8.19. The topological polar surface area (TPSA) is 91.1 Å². The molecule has 0 radical (unpaired) electrons. The number of hydrogen-bond donors (Lipinski definition) is 1. The maximum Gasteiger partial charge on any atom is 0.308 e. The Morgan fingerprint density at radius 2 is 1.62 bits per heavy atom. The van der Waals surface area contributed by atoms with Gasteiger partial charge in [-0.15, -0.1) is 0 Å². The van der Waals surface area contributed by atoms with Crippen molar-refractivity contribution in [3.63, 3.8) is 0 Å². The third-order valence-corrected chi connectivity index (χ3v) is 4.15. The van der Waals surface area contributed by atoms with E-state index in [9.17, 15) is 9.59 Å². The van der Waals surface area contributed by atoms with Crippen molar-refractivity contribution in [2.45, 2.75) is 78.5 Å². The molecular weight excluding hydrogens is 372 g/mol. The average molecular weight is 409 g/mol. The van der Waals surface area contributed by atoms with Crippen LogP contribution in [0.2, 0.25) is 0 Å². The zero-order valence-electron chi connectivity index (χ0n) is 18.5. The highest BCUT2D eigenvalue weighted by molar-refractivity contribution is 5.86. The van der Waals surface area contributed by atoms with Gasteiger partial charge in [-0.3, -0.25) is 9.59 Å². The van der Waals surface area contributed by atoms with Gasteiger partial charge in [0.15, 0.2) is 6.29 Å². The lowest BCUT2D eigenvalue weighted by Gasteiger charge is -2.35. The first-order valence-electron chi connectivity index (χ1n) is 10.1. The fraction of sp³-hybridized carbons (Fsp3) is 0.636. The van der Waals surface area contributed by atoms with Crippen molar-refractivity contribution in [1.29, 1.82) is 0 Å². The summed E-state index contributed by atoms with van der Waals surface area (Å²) in [6.45, 7) is 12.2. The predicted octanol–water partition coefficient (Wildman–Crippen LogP) is 2.86. The number of amides is 1. The molecule has 1 rings (SSSR count). The predicted molar refractivity (Wildman–Crippen MR) is 112 cm³/mol. The minimum atomic E-state index is -1.01. The van der Waals surface area contributed by atoms with Gasteiger partial charge < -0.3 is 24.8 Å². The Hall–Kier alpha value is -1.96. The maximum atomic E-state index is 13.2. The Kier molecular flexibility index (Phi) is 10.3. The number of hydrogen-bond acceptors (Lipinski definition) is 6. The number of ether oxygens (including phenoxy) is 3. The third-order valence-electron chi connectivity index (χ3n) is 4.15. The Balaban J connectivity index is 3.01. The summed E-state index contributed by atoms with van der Waals surface area (Å²) < 4.78 is 16.7. The highest BCUT2D eigenvalue weighted by atomic mass is 16.7. The van der Waals surface area contributed by atoms with Crippen LogP contribution in [0.5, 0.6) is 0 Å². The van der Waals surface area contributed by atoms with Crippen molar-refractivity contribution in [1.82, 2.24) is 4.90 Å². The Labute approximate surface area is 174 Å². The zero-order valence-corrected chi connectivity index (χ0v) is 18.5. The van der Waals surface area contributed by atoms with E-state index in [0.29, 0.717) is 19.8 Å². The van der Waals surface area contributed by atoms with Crippen LogP contribution in [0.25, 0.3) is 0 Å². The van der Waals surface area contributed by atoms with Crippen LogP contribution in [-0.4, -0.2) is 54.0 Å². The Morgan fingerprint density at radius 1 is 1.07 bits per heavy atom. The van der Waals surface area contributed by atoms with Gasteiger partial charge in [0, 0.05) is 19.8 Å². The molecule has 0 heterocycles. The third kappa shape index (κ3) is 8.94. The molecule has 0 unspecified atom stereocenters. The molecule has 164 valence electrons. The second-order valence-corrected chi connectivity index (χ2v) is 7.87. The molecule has 2 atom stereocenters. The van der Waals surface area contributed by atoms with Gasteiger partial charge >= 0.3 is 5.97 Å². The molecule has 0 aromatic heterocycles. The Morgan fingerprint density at radius 3 is 2.10 bits per heavy atom. The van der Waals surface area contributed by atoms with E-state index in [1.54, 1.807) is 25.7 Å². The van der Waals surface area contributed by atoms with E-state index in [4.69, 9.17) is 19.9 Å². The minimum Gasteiger partial charge on any atom is -0.460 e. The monoisotopic (exact) mass is 408 g/mol.